The lowest BCUT2D eigenvalue weighted by Crippen LogP contribution is -2.22. The first kappa shape index (κ1) is 14.2. The van der Waals surface area contributed by atoms with E-state index in [2.05, 4.69) is 15.1 Å². The summed E-state index contributed by atoms with van der Waals surface area (Å²) in [5.41, 5.74) is 1.66. The van der Waals surface area contributed by atoms with Crippen molar-refractivity contribution in [3.8, 4) is 0 Å². The summed E-state index contributed by atoms with van der Waals surface area (Å²) in [6.45, 7) is 0.856. The zero-order valence-corrected chi connectivity index (χ0v) is 12.4. The van der Waals surface area contributed by atoms with Gasteiger partial charge in [-0.05, 0) is 30.1 Å². The Kier molecular flexibility index (Phi) is 4.35. The van der Waals surface area contributed by atoms with E-state index in [0.29, 0.717) is 16.4 Å². The van der Waals surface area contributed by atoms with E-state index in [1.165, 1.54) is 11.3 Å². The average Bonchev–Trinajstić information content (AvgIpc) is 2.97. The molecule has 19 heavy (non-hydrogen) atoms. The Morgan fingerprint density at radius 2 is 2.21 bits per heavy atom. The molecule has 0 atom stereocenters. The van der Waals surface area contributed by atoms with E-state index in [9.17, 15) is 8.42 Å². The van der Waals surface area contributed by atoms with Crippen LogP contribution in [0, 0.1) is 0 Å². The molecule has 0 aliphatic heterocycles. The van der Waals surface area contributed by atoms with E-state index in [-0.39, 0.29) is 6.54 Å². The standard InChI is InChI=1S/C11H16N4O2S2/c1-12-6-9-5-11(18-8-9)19(16,17)13-7-10-3-4-15(2)14-10/h3-5,8,12-13H,6-7H2,1-2H3. The number of hydrogen-bond donors (Lipinski definition) is 2. The Morgan fingerprint density at radius 3 is 2.84 bits per heavy atom. The SMILES string of the molecule is CNCc1csc(S(=O)(=O)NCc2ccn(C)n2)c1. The van der Waals surface area contributed by atoms with E-state index >= 15 is 0 Å². The van der Waals surface area contributed by atoms with Crippen molar-refractivity contribution in [3.63, 3.8) is 0 Å². The maximum Gasteiger partial charge on any atom is 0.250 e. The highest BCUT2D eigenvalue weighted by atomic mass is 32.2. The molecule has 8 heteroatoms. The molecule has 0 saturated carbocycles. The van der Waals surface area contributed by atoms with Gasteiger partial charge >= 0.3 is 0 Å². The van der Waals surface area contributed by atoms with Gasteiger partial charge in [0.2, 0.25) is 10.0 Å². The molecule has 2 N–H and O–H groups in total. The predicted octanol–water partition coefficient (Wildman–Crippen LogP) is 0.679. The first-order valence-corrected chi connectivity index (χ1v) is 8.08. The van der Waals surface area contributed by atoms with Gasteiger partial charge in [-0.2, -0.15) is 5.10 Å². The highest BCUT2D eigenvalue weighted by molar-refractivity contribution is 7.91. The van der Waals surface area contributed by atoms with Crippen LogP contribution in [-0.2, 0) is 30.2 Å². The number of aromatic nitrogens is 2. The molecule has 104 valence electrons. The minimum Gasteiger partial charge on any atom is -0.316 e. The van der Waals surface area contributed by atoms with Gasteiger partial charge < -0.3 is 5.32 Å². The fraction of sp³-hybridized carbons (Fsp3) is 0.364. The summed E-state index contributed by atoms with van der Waals surface area (Å²) in [4.78, 5) is 0. The van der Waals surface area contributed by atoms with Crippen LogP contribution in [0.1, 0.15) is 11.3 Å². The zero-order chi connectivity index (χ0) is 13.9. The van der Waals surface area contributed by atoms with E-state index in [0.717, 1.165) is 5.56 Å². The summed E-state index contributed by atoms with van der Waals surface area (Å²) in [6.07, 6.45) is 1.78. The number of nitrogens with one attached hydrogen (secondary N) is 2. The van der Waals surface area contributed by atoms with Crippen LogP contribution in [0.5, 0.6) is 0 Å². The minimum atomic E-state index is -3.46. The smallest absolute Gasteiger partial charge is 0.250 e. The molecule has 0 aliphatic carbocycles. The fourth-order valence-electron chi connectivity index (χ4n) is 1.59. The second-order valence-electron chi connectivity index (χ2n) is 4.11. The van der Waals surface area contributed by atoms with Crippen molar-refractivity contribution in [2.24, 2.45) is 7.05 Å². The predicted molar refractivity (Wildman–Crippen MR) is 74.3 cm³/mol. The number of aryl methyl sites for hydroxylation is 1. The van der Waals surface area contributed by atoms with Crippen molar-refractivity contribution in [2.75, 3.05) is 7.05 Å². The van der Waals surface area contributed by atoms with Gasteiger partial charge in [-0.1, -0.05) is 0 Å². The van der Waals surface area contributed by atoms with Crippen LogP contribution in [0.4, 0.5) is 0 Å². The molecule has 2 heterocycles. The molecular weight excluding hydrogens is 284 g/mol. The van der Waals surface area contributed by atoms with Crippen molar-refractivity contribution in [1.82, 2.24) is 19.8 Å². The van der Waals surface area contributed by atoms with E-state index in [1.54, 1.807) is 30.1 Å². The summed E-state index contributed by atoms with van der Waals surface area (Å²) in [7, 11) is 0.162. The molecule has 2 rings (SSSR count). The maximum absolute atomic E-state index is 12.1. The van der Waals surface area contributed by atoms with Crippen LogP contribution < -0.4 is 10.0 Å². The molecule has 0 saturated heterocycles. The van der Waals surface area contributed by atoms with Gasteiger partial charge in [-0.15, -0.1) is 11.3 Å². The van der Waals surface area contributed by atoms with Crippen LogP contribution in [0.15, 0.2) is 27.9 Å². The van der Waals surface area contributed by atoms with E-state index < -0.39 is 10.0 Å². The number of thiophene rings is 1. The van der Waals surface area contributed by atoms with Crippen LogP contribution in [0.25, 0.3) is 0 Å². The summed E-state index contributed by atoms with van der Waals surface area (Å²) < 4.78 is 28.7. The van der Waals surface area contributed by atoms with Gasteiger partial charge in [0.1, 0.15) is 4.21 Å². The monoisotopic (exact) mass is 300 g/mol. The summed E-state index contributed by atoms with van der Waals surface area (Å²) in [6, 6.07) is 3.46. The van der Waals surface area contributed by atoms with Gasteiger partial charge in [0.05, 0.1) is 12.2 Å². The van der Waals surface area contributed by atoms with Crippen molar-refractivity contribution in [2.45, 2.75) is 17.3 Å². The third-order valence-electron chi connectivity index (χ3n) is 2.49. The normalized spacial score (nSPS) is 11.9. The second kappa shape index (κ2) is 5.83. The van der Waals surface area contributed by atoms with Crippen LogP contribution in [-0.4, -0.2) is 25.2 Å². The summed E-state index contributed by atoms with van der Waals surface area (Å²) >= 11 is 1.22. The average molecular weight is 300 g/mol. The lowest BCUT2D eigenvalue weighted by molar-refractivity contribution is 0.581. The molecule has 6 nitrogen and oxygen atoms in total. The van der Waals surface area contributed by atoms with Crippen LogP contribution >= 0.6 is 11.3 Å². The fourth-order valence-corrected chi connectivity index (χ4v) is 3.84. The lowest BCUT2D eigenvalue weighted by Gasteiger charge is -2.02. The van der Waals surface area contributed by atoms with Crippen LogP contribution in [0.2, 0.25) is 0 Å². The summed E-state index contributed by atoms with van der Waals surface area (Å²) in [5.74, 6) is 0. The van der Waals surface area contributed by atoms with Crippen LogP contribution in [0.3, 0.4) is 0 Å². The quantitative estimate of drug-likeness (QED) is 0.822. The Hall–Kier alpha value is -1.22. The third-order valence-corrected chi connectivity index (χ3v) is 5.38. The van der Waals surface area contributed by atoms with Crippen molar-refractivity contribution in [3.05, 3.63) is 35.0 Å². The molecule has 2 aromatic rings. The topological polar surface area (TPSA) is 76.0 Å². The van der Waals surface area contributed by atoms with Crippen molar-refractivity contribution in [1.29, 1.82) is 0 Å². The first-order chi connectivity index (χ1) is 9.01. The highest BCUT2D eigenvalue weighted by Crippen LogP contribution is 2.20. The third kappa shape index (κ3) is 3.63. The van der Waals surface area contributed by atoms with E-state index in [4.69, 9.17) is 0 Å². The molecule has 0 radical (unpaired) electrons. The van der Waals surface area contributed by atoms with E-state index in [1.807, 2.05) is 12.4 Å². The Labute approximate surface area is 116 Å². The highest BCUT2D eigenvalue weighted by Gasteiger charge is 2.16. The number of rotatable bonds is 6. The minimum absolute atomic E-state index is 0.197. The maximum atomic E-state index is 12.1. The molecular formula is C11H16N4O2S2. The van der Waals surface area contributed by atoms with Gasteiger partial charge in [-0.25, -0.2) is 13.1 Å². The second-order valence-corrected chi connectivity index (χ2v) is 7.01. The lowest BCUT2D eigenvalue weighted by atomic mass is 10.3. The molecule has 0 aliphatic rings. The Bertz CT molecular complexity index is 645. The molecule has 0 fully saturated rings. The van der Waals surface area contributed by atoms with Crippen molar-refractivity contribution >= 4 is 21.4 Å². The molecule has 0 bridgehead atoms. The number of hydrogen-bond acceptors (Lipinski definition) is 5. The molecule has 0 spiro atoms. The van der Waals surface area contributed by atoms with Gasteiger partial charge in [0, 0.05) is 19.8 Å². The molecule has 2 aromatic heterocycles. The van der Waals surface area contributed by atoms with Gasteiger partial charge in [0.25, 0.3) is 0 Å². The Morgan fingerprint density at radius 1 is 1.42 bits per heavy atom. The number of sulfonamides is 1. The Balaban J connectivity index is 2.04. The molecule has 0 aromatic carbocycles. The molecule has 0 amide bonds. The van der Waals surface area contributed by atoms with Crippen molar-refractivity contribution < 1.29 is 8.42 Å². The number of nitrogens with zero attached hydrogens (tertiary/aromatic N) is 2. The van der Waals surface area contributed by atoms with Gasteiger partial charge in [-0.3, -0.25) is 4.68 Å². The van der Waals surface area contributed by atoms with Gasteiger partial charge in [0.15, 0.2) is 0 Å². The summed E-state index contributed by atoms with van der Waals surface area (Å²) in [5, 5.41) is 8.95. The first-order valence-electron chi connectivity index (χ1n) is 5.71. The molecule has 0 unspecified atom stereocenters. The largest absolute Gasteiger partial charge is 0.316 e. The zero-order valence-electron chi connectivity index (χ0n) is 10.8.